The normalized spacial score (nSPS) is 12.3. The lowest BCUT2D eigenvalue weighted by Gasteiger charge is -2.33. The summed E-state index contributed by atoms with van der Waals surface area (Å²) in [6.45, 7) is 6.10. The fraction of sp³-hybridized carbons (Fsp3) is 0.458. The average molecular weight is 489 g/mol. The Morgan fingerprint density at radius 2 is 1.74 bits per heavy atom. The minimum Gasteiger partial charge on any atom is -0.468 e. The second-order valence-corrected chi connectivity index (χ2v) is 8.46. The monoisotopic (exact) mass is 488 g/mol. The Morgan fingerprint density at radius 1 is 1.14 bits per heavy atom. The molecule has 2 atom stereocenters. The van der Waals surface area contributed by atoms with Gasteiger partial charge in [0.1, 0.15) is 24.2 Å². The van der Waals surface area contributed by atoms with Crippen LogP contribution in [0.15, 0.2) is 24.3 Å². The highest BCUT2D eigenvalue weighted by molar-refractivity contribution is 5.95. The van der Waals surface area contributed by atoms with Gasteiger partial charge in [-0.25, -0.2) is 4.79 Å². The van der Waals surface area contributed by atoms with Crippen LogP contribution in [0.4, 0.5) is 4.79 Å². The molecule has 11 heteroatoms. The third kappa shape index (κ3) is 9.37. The van der Waals surface area contributed by atoms with Crippen molar-refractivity contribution in [2.75, 3.05) is 20.2 Å². The van der Waals surface area contributed by atoms with Crippen molar-refractivity contribution in [3.8, 4) is 12.3 Å². The van der Waals surface area contributed by atoms with Gasteiger partial charge < -0.3 is 30.7 Å². The summed E-state index contributed by atoms with van der Waals surface area (Å²) in [6.07, 6.45) is 3.94. The summed E-state index contributed by atoms with van der Waals surface area (Å²) < 4.78 is 9.73. The molecule has 0 saturated heterocycles. The van der Waals surface area contributed by atoms with E-state index in [9.17, 15) is 24.0 Å². The van der Waals surface area contributed by atoms with Gasteiger partial charge in [0.2, 0.25) is 17.7 Å². The molecule has 0 spiro atoms. The van der Waals surface area contributed by atoms with Crippen molar-refractivity contribution in [3.05, 3.63) is 35.4 Å². The number of nitrogens with one attached hydrogen (secondary N) is 2. The highest BCUT2D eigenvalue weighted by Crippen LogP contribution is 2.23. The van der Waals surface area contributed by atoms with Gasteiger partial charge in [-0.2, -0.15) is 0 Å². The van der Waals surface area contributed by atoms with Crippen LogP contribution in [0.1, 0.15) is 51.3 Å². The molecule has 2 unspecified atom stereocenters. The average Bonchev–Trinajstić information content (AvgIpc) is 2.78. The molecule has 1 aromatic rings. The zero-order valence-corrected chi connectivity index (χ0v) is 20.5. The Morgan fingerprint density at radius 3 is 2.20 bits per heavy atom. The van der Waals surface area contributed by atoms with E-state index in [1.165, 1.54) is 7.11 Å². The maximum atomic E-state index is 13.5. The Hall–Kier alpha value is -4.07. The Labute approximate surface area is 204 Å². The predicted octanol–water partition coefficient (Wildman–Crippen LogP) is 0.615. The zero-order valence-electron chi connectivity index (χ0n) is 20.5. The molecular formula is C24H32N4O7. The fourth-order valence-electron chi connectivity index (χ4n) is 3.08. The van der Waals surface area contributed by atoms with Gasteiger partial charge in [0.05, 0.1) is 13.5 Å². The Bertz CT molecular complexity index is 977. The van der Waals surface area contributed by atoms with Gasteiger partial charge in [-0.1, -0.05) is 18.1 Å². The molecule has 4 amide bonds. The van der Waals surface area contributed by atoms with Crippen LogP contribution in [0.5, 0.6) is 0 Å². The lowest BCUT2D eigenvalue weighted by atomic mass is 10.0. The first kappa shape index (κ1) is 29.0. The number of rotatable bonds is 10. The van der Waals surface area contributed by atoms with E-state index in [2.05, 4.69) is 21.3 Å². The number of hydrogen-bond acceptors (Lipinski definition) is 7. The third-order valence-electron chi connectivity index (χ3n) is 4.61. The first-order chi connectivity index (χ1) is 16.3. The van der Waals surface area contributed by atoms with Crippen LogP contribution in [0, 0.1) is 12.3 Å². The first-order valence-corrected chi connectivity index (χ1v) is 10.8. The Balaban J connectivity index is 3.37. The number of terminal acetylenes is 1. The molecule has 1 rings (SSSR count). The van der Waals surface area contributed by atoms with Crippen LogP contribution in [-0.2, 0) is 28.7 Å². The molecule has 0 saturated carbocycles. The minimum atomic E-state index is -1.40. The number of likely N-dealkylation sites (N-methyl/N-ethyl adjacent to an activating group) is 1. The van der Waals surface area contributed by atoms with E-state index in [0.29, 0.717) is 11.1 Å². The summed E-state index contributed by atoms with van der Waals surface area (Å²) in [5.41, 5.74) is 5.38. The molecule has 1 aromatic carbocycles. The van der Waals surface area contributed by atoms with Crippen molar-refractivity contribution in [3.63, 3.8) is 0 Å². The number of benzene rings is 1. The molecule has 190 valence electrons. The van der Waals surface area contributed by atoms with Gasteiger partial charge in [-0.05, 0) is 45.4 Å². The van der Waals surface area contributed by atoms with Crippen LogP contribution < -0.4 is 16.4 Å². The van der Waals surface area contributed by atoms with E-state index in [4.69, 9.17) is 16.9 Å². The number of carbonyl (C=O) groups excluding carboxylic acids is 5. The minimum absolute atomic E-state index is 0.0112. The lowest BCUT2D eigenvalue weighted by molar-refractivity contribution is -0.145. The standard InChI is InChI=1S/C24H32N4O7/c1-7-15-9-11-16(12-10-15)20(21(31)26-14-19(30)34-6)28(8-2)22(32)17(13-18(25)29)27-23(33)35-24(3,4)5/h1,9-12,17,20H,8,13-14H2,2-6H3,(H2,25,29)(H,26,31)(H,27,33). The summed E-state index contributed by atoms with van der Waals surface area (Å²) in [4.78, 5) is 63.3. The second-order valence-electron chi connectivity index (χ2n) is 8.46. The van der Waals surface area contributed by atoms with Gasteiger partial charge in [0.25, 0.3) is 0 Å². The fourth-order valence-corrected chi connectivity index (χ4v) is 3.08. The van der Waals surface area contributed by atoms with Crippen molar-refractivity contribution in [2.45, 2.75) is 51.8 Å². The summed E-state index contributed by atoms with van der Waals surface area (Å²) in [6, 6.07) is 3.70. The molecular weight excluding hydrogens is 456 g/mol. The maximum Gasteiger partial charge on any atom is 0.408 e. The largest absolute Gasteiger partial charge is 0.468 e. The molecule has 0 heterocycles. The number of carbonyl (C=O) groups is 5. The van der Waals surface area contributed by atoms with Crippen LogP contribution in [0.25, 0.3) is 0 Å². The molecule has 0 fully saturated rings. The van der Waals surface area contributed by atoms with Crippen molar-refractivity contribution in [1.82, 2.24) is 15.5 Å². The van der Waals surface area contributed by atoms with Crippen LogP contribution in [-0.4, -0.2) is 66.5 Å². The number of alkyl carbamates (subject to hydrolysis) is 1. The molecule has 0 aromatic heterocycles. The smallest absolute Gasteiger partial charge is 0.408 e. The molecule has 0 bridgehead atoms. The van der Waals surface area contributed by atoms with Crippen LogP contribution >= 0.6 is 0 Å². The van der Waals surface area contributed by atoms with Crippen molar-refractivity contribution in [2.24, 2.45) is 5.73 Å². The number of primary amides is 1. The number of amides is 4. The summed E-state index contributed by atoms with van der Waals surface area (Å²) in [5.74, 6) is -0.513. The van der Waals surface area contributed by atoms with Gasteiger partial charge in [-0.15, -0.1) is 6.42 Å². The van der Waals surface area contributed by atoms with Crippen molar-refractivity contribution in [1.29, 1.82) is 0 Å². The molecule has 11 nitrogen and oxygen atoms in total. The Kier molecular flexibility index (Phi) is 10.7. The highest BCUT2D eigenvalue weighted by Gasteiger charge is 2.36. The maximum absolute atomic E-state index is 13.5. The van der Waals surface area contributed by atoms with E-state index in [1.54, 1.807) is 52.0 Å². The van der Waals surface area contributed by atoms with E-state index in [1.807, 2.05) is 0 Å². The molecule has 0 radical (unpaired) electrons. The first-order valence-electron chi connectivity index (χ1n) is 10.8. The van der Waals surface area contributed by atoms with Crippen LogP contribution in [0.2, 0.25) is 0 Å². The number of nitrogens with two attached hydrogens (primary N) is 1. The van der Waals surface area contributed by atoms with E-state index in [0.717, 1.165) is 4.90 Å². The molecule has 0 aliphatic heterocycles. The highest BCUT2D eigenvalue weighted by atomic mass is 16.6. The van der Waals surface area contributed by atoms with Gasteiger partial charge in [-0.3, -0.25) is 19.2 Å². The molecule has 35 heavy (non-hydrogen) atoms. The number of ether oxygens (including phenoxy) is 2. The summed E-state index contributed by atoms with van der Waals surface area (Å²) in [5, 5.41) is 4.79. The molecule has 4 N–H and O–H groups in total. The number of esters is 1. The SMILES string of the molecule is C#Cc1ccc(C(C(=O)NCC(=O)OC)N(CC)C(=O)C(CC(N)=O)NC(=O)OC(C)(C)C)cc1. The second kappa shape index (κ2) is 13.0. The van der Waals surface area contributed by atoms with Gasteiger partial charge in [0, 0.05) is 12.1 Å². The molecule has 0 aliphatic rings. The number of methoxy groups -OCH3 is 1. The van der Waals surface area contributed by atoms with Gasteiger partial charge >= 0.3 is 12.1 Å². The van der Waals surface area contributed by atoms with Gasteiger partial charge in [0.15, 0.2) is 0 Å². The predicted molar refractivity (Wildman–Crippen MR) is 126 cm³/mol. The zero-order chi connectivity index (χ0) is 26.8. The van der Waals surface area contributed by atoms with Crippen molar-refractivity contribution < 1.29 is 33.4 Å². The number of hydrogen-bond donors (Lipinski definition) is 3. The van der Waals surface area contributed by atoms with Crippen molar-refractivity contribution >= 4 is 29.8 Å². The lowest BCUT2D eigenvalue weighted by Crippen LogP contribution is -2.54. The number of nitrogens with zero attached hydrogens (tertiary/aromatic N) is 1. The van der Waals surface area contributed by atoms with E-state index < -0.39 is 60.4 Å². The topological polar surface area (TPSA) is 157 Å². The summed E-state index contributed by atoms with van der Waals surface area (Å²) in [7, 11) is 1.17. The quantitative estimate of drug-likeness (QED) is 0.322. The third-order valence-corrected chi connectivity index (χ3v) is 4.61. The molecule has 0 aliphatic carbocycles. The van der Waals surface area contributed by atoms with E-state index in [-0.39, 0.29) is 6.54 Å². The van der Waals surface area contributed by atoms with Crippen LogP contribution in [0.3, 0.4) is 0 Å². The van der Waals surface area contributed by atoms with E-state index >= 15 is 0 Å². The summed E-state index contributed by atoms with van der Waals surface area (Å²) >= 11 is 0.